The maximum Gasteiger partial charge on any atom is 0.231 e. The molecule has 0 spiro atoms. The van der Waals surface area contributed by atoms with Gasteiger partial charge in [0.15, 0.2) is 5.17 Å². The number of nitrogens with two attached hydrogens (primary N) is 1. The van der Waals surface area contributed by atoms with Crippen LogP contribution in [0, 0.1) is 11.7 Å². The highest BCUT2D eigenvalue weighted by Crippen LogP contribution is 2.37. The number of rotatable bonds is 4. The van der Waals surface area contributed by atoms with Crippen LogP contribution in [0.5, 0.6) is 0 Å². The number of thioether (sulfide) groups is 1. The van der Waals surface area contributed by atoms with Crippen LogP contribution in [0.3, 0.4) is 0 Å². The van der Waals surface area contributed by atoms with E-state index in [4.69, 9.17) is 10.5 Å². The minimum atomic E-state index is -0.721. The lowest BCUT2D eigenvalue weighted by Gasteiger charge is -2.30. The van der Waals surface area contributed by atoms with E-state index in [9.17, 15) is 9.18 Å². The summed E-state index contributed by atoms with van der Waals surface area (Å²) in [4.78, 5) is 16.9. The van der Waals surface area contributed by atoms with Gasteiger partial charge >= 0.3 is 0 Å². The number of amidine groups is 1. The summed E-state index contributed by atoms with van der Waals surface area (Å²) in [7, 11) is 1.59. The molecule has 0 fully saturated rings. The molecule has 7 heteroatoms. The van der Waals surface area contributed by atoms with Gasteiger partial charge in [0.25, 0.3) is 0 Å². The SMILES string of the molecule is COC1=CCC(C(=O)Nc2ccc(F)c(C3(C)CCSC(N)=N3)c2)C=C1. The van der Waals surface area contributed by atoms with Gasteiger partial charge in [-0.2, -0.15) is 0 Å². The number of nitrogens with zero attached hydrogens (tertiary/aromatic N) is 1. The van der Waals surface area contributed by atoms with Crippen molar-refractivity contribution in [3.05, 3.63) is 53.6 Å². The second-order valence-electron chi connectivity index (χ2n) is 6.52. The van der Waals surface area contributed by atoms with Crippen molar-refractivity contribution in [1.29, 1.82) is 0 Å². The van der Waals surface area contributed by atoms with Gasteiger partial charge in [-0.05, 0) is 50.1 Å². The van der Waals surface area contributed by atoms with Gasteiger partial charge in [-0.15, -0.1) is 0 Å². The monoisotopic (exact) mass is 375 g/mol. The van der Waals surface area contributed by atoms with Crippen LogP contribution >= 0.6 is 11.8 Å². The van der Waals surface area contributed by atoms with Crippen LogP contribution in [-0.4, -0.2) is 23.9 Å². The van der Waals surface area contributed by atoms with Crippen molar-refractivity contribution in [3.63, 3.8) is 0 Å². The summed E-state index contributed by atoms with van der Waals surface area (Å²) >= 11 is 1.47. The van der Waals surface area contributed by atoms with E-state index < -0.39 is 5.54 Å². The van der Waals surface area contributed by atoms with Crippen molar-refractivity contribution in [3.8, 4) is 0 Å². The predicted molar refractivity (Wildman–Crippen MR) is 103 cm³/mol. The van der Waals surface area contributed by atoms with Crippen molar-refractivity contribution >= 4 is 28.5 Å². The molecule has 1 heterocycles. The number of ether oxygens (including phenoxy) is 1. The average molecular weight is 375 g/mol. The first-order chi connectivity index (χ1) is 12.4. The largest absolute Gasteiger partial charge is 0.497 e. The standard InChI is InChI=1S/C19H22FN3O2S/c1-19(9-10-26-18(21)23-19)15-11-13(5-8-16(15)20)22-17(24)12-3-6-14(25-2)7-4-12/h3,5-8,11-12H,4,9-10H2,1-2H3,(H2,21,23)(H,22,24). The van der Waals surface area contributed by atoms with E-state index >= 15 is 0 Å². The van der Waals surface area contributed by atoms with Crippen molar-refractivity contribution in [1.82, 2.24) is 0 Å². The second-order valence-corrected chi connectivity index (χ2v) is 7.63. The lowest BCUT2D eigenvalue weighted by Crippen LogP contribution is -2.30. The number of benzene rings is 1. The van der Waals surface area contributed by atoms with Crippen LogP contribution in [0.2, 0.25) is 0 Å². The summed E-state index contributed by atoms with van der Waals surface area (Å²) in [5.41, 5.74) is 6.11. The van der Waals surface area contributed by atoms with Crippen molar-refractivity contribution in [2.75, 3.05) is 18.2 Å². The molecule has 2 atom stereocenters. The fourth-order valence-corrected chi connectivity index (χ4v) is 4.05. The molecule has 0 saturated carbocycles. The zero-order chi connectivity index (χ0) is 18.7. The summed E-state index contributed by atoms with van der Waals surface area (Å²) in [5, 5.41) is 3.33. The van der Waals surface area contributed by atoms with Crippen LogP contribution in [0.1, 0.15) is 25.3 Å². The zero-order valence-corrected chi connectivity index (χ0v) is 15.6. The molecule has 0 aromatic heterocycles. The molecule has 2 aliphatic rings. The van der Waals surface area contributed by atoms with Crippen LogP contribution < -0.4 is 11.1 Å². The highest BCUT2D eigenvalue weighted by Gasteiger charge is 2.32. The Balaban J connectivity index is 1.78. The van der Waals surface area contributed by atoms with Gasteiger partial charge in [0.1, 0.15) is 11.6 Å². The van der Waals surface area contributed by atoms with Crippen LogP contribution in [-0.2, 0) is 15.1 Å². The number of allylic oxidation sites excluding steroid dienone is 2. The molecule has 26 heavy (non-hydrogen) atoms. The van der Waals surface area contributed by atoms with E-state index in [0.717, 1.165) is 11.5 Å². The Morgan fingerprint density at radius 3 is 2.96 bits per heavy atom. The first kappa shape index (κ1) is 18.5. The fraction of sp³-hybridized carbons (Fsp3) is 0.368. The number of anilines is 1. The summed E-state index contributed by atoms with van der Waals surface area (Å²) in [6.45, 7) is 1.87. The minimum Gasteiger partial charge on any atom is -0.497 e. The number of nitrogens with one attached hydrogen (secondary N) is 1. The van der Waals surface area contributed by atoms with Crippen molar-refractivity contribution < 1.29 is 13.9 Å². The van der Waals surface area contributed by atoms with E-state index in [1.165, 1.54) is 17.8 Å². The quantitative estimate of drug-likeness (QED) is 0.844. The third kappa shape index (κ3) is 3.93. The number of hydrogen-bond donors (Lipinski definition) is 2. The first-order valence-corrected chi connectivity index (χ1v) is 9.41. The van der Waals surface area contributed by atoms with Gasteiger partial charge in [-0.1, -0.05) is 17.8 Å². The summed E-state index contributed by atoms with van der Waals surface area (Å²) in [6, 6.07) is 4.58. The van der Waals surface area contributed by atoms with Crippen LogP contribution in [0.4, 0.5) is 10.1 Å². The lowest BCUT2D eigenvalue weighted by molar-refractivity contribution is -0.118. The van der Waals surface area contributed by atoms with Gasteiger partial charge < -0.3 is 15.8 Å². The van der Waals surface area contributed by atoms with Crippen LogP contribution in [0.15, 0.2) is 47.2 Å². The van der Waals surface area contributed by atoms with Crippen molar-refractivity contribution in [2.24, 2.45) is 16.6 Å². The summed E-state index contributed by atoms with van der Waals surface area (Å²) in [5.74, 6) is 0.759. The lowest BCUT2D eigenvalue weighted by atomic mass is 9.89. The van der Waals surface area contributed by atoms with Gasteiger partial charge in [0.2, 0.25) is 5.91 Å². The molecule has 1 amide bonds. The number of methoxy groups -OCH3 is 1. The molecule has 138 valence electrons. The Bertz CT molecular complexity index is 806. The zero-order valence-electron chi connectivity index (χ0n) is 14.8. The van der Waals surface area contributed by atoms with Gasteiger partial charge in [0.05, 0.1) is 18.6 Å². The third-order valence-electron chi connectivity index (χ3n) is 4.65. The fourth-order valence-electron chi connectivity index (χ4n) is 3.08. The van der Waals surface area contributed by atoms with E-state index in [0.29, 0.717) is 29.3 Å². The Morgan fingerprint density at radius 2 is 2.31 bits per heavy atom. The molecular formula is C19H22FN3O2S. The maximum atomic E-state index is 14.4. The third-order valence-corrected chi connectivity index (χ3v) is 5.44. The number of aliphatic imine (C=N–C) groups is 1. The molecule has 1 aromatic rings. The number of amides is 1. The molecule has 5 nitrogen and oxygen atoms in total. The van der Waals surface area contributed by atoms with Gasteiger partial charge in [0, 0.05) is 17.0 Å². The van der Waals surface area contributed by atoms with Gasteiger partial charge in [-0.3, -0.25) is 9.79 Å². The Kier molecular flexibility index (Phi) is 5.36. The molecule has 0 saturated heterocycles. The highest BCUT2D eigenvalue weighted by molar-refractivity contribution is 8.13. The Labute approximate surface area is 156 Å². The smallest absolute Gasteiger partial charge is 0.231 e. The topological polar surface area (TPSA) is 76.7 Å². The average Bonchev–Trinajstić information content (AvgIpc) is 2.63. The predicted octanol–water partition coefficient (Wildman–Crippen LogP) is 3.54. The molecule has 0 bridgehead atoms. The normalized spacial score (nSPS) is 25.3. The van der Waals surface area contributed by atoms with E-state index in [1.807, 2.05) is 19.1 Å². The Hall–Kier alpha value is -2.28. The summed E-state index contributed by atoms with van der Waals surface area (Å²) in [6.07, 6.45) is 6.71. The first-order valence-electron chi connectivity index (χ1n) is 8.42. The molecule has 2 unspecified atom stereocenters. The van der Waals surface area contributed by atoms with E-state index in [1.54, 1.807) is 25.3 Å². The van der Waals surface area contributed by atoms with Crippen molar-refractivity contribution in [2.45, 2.75) is 25.3 Å². The number of carbonyl (C=O) groups is 1. The van der Waals surface area contributed by atoms with E-state index in [-0.39, 0.29) is 17.6 Å². The van der Waals surface area contributed by atoms with Crippen LogP contribution in [0.25, 0.3) is 0 Å². The molecular weight excluding hydrogens is 353 g/mol. The summed E-state index contributed by atoms with van der Waals surface area (Å²) < 4.78 is 19.6. The number of carbonyl (C=O) groups excluding carboxylic acids is 1. The highest BCUT2D eigenvalue weighted by atomic mass is 32.2. The number of hydrogen-bond acceptors (Lipinski definition) is 5. The Morgan fingerprint density at radius 1 is 1.50 bits per heavy atom. The molecule has 0 radical (unpaired) electrons. The van der Waals surface area contributed by atoms with Gasteiger partial charge in [-0.25, -0.2) is 4.39 Å². The molecule has 1 aromatic carbocycles. The van der Waals surface area contributed by atoms with E-state index in [2.05, 4.69) is 10.3 Å². The minimum absolute atomic E-state index is 0.141. The molecule has 3 N–H and O–H groups in total. The number of halogens is 1. The maximum absolute atomic E-state index is 14.4. The molecule has 1 aliphatic carbocycles. The molecule has 3 rings (SSSR count). The second kappa shape index (κ2) is 7.53. The molecule has 1 aliphatic heterocycles.